The molecule has 28 heavy (non-hydrogen) atoms. The molecule has 0 fully saturated rings. The minimum absolute atomic E-state index is 0.0258. The fourth-order valence-electron chi connectivity index (χ4n) is 2.80. The second kappa shape index (κ2) is 8.53. The van der Waals surface area contributed by atoms with Gasteiger partial charge in [0.05, 0.1) is 11.5 Å². The number of hydrogen-bond acceptors (Lipinski definition) is 6. The monoisotopic (exact) mass is 383 g/mol. The highest BCUT2D eigenvalue weighted by Gasteiger charge is 2.22. The smallest absolute Gasteiger partial charge is 0.312 e. The van der Waals surface area contributed by atoms with E-state index in [1.165, 1.54) is 4.68 Å². The minimum atomic E-state index is -0.863. The Morgan fingerprint density at radius 3 is 2.29 bits per heavy atom. The average Bonchev–Trinajstić information content (AvgIpc) is 2.95. The molecule has 0 aliphatic rings. The van der Waals surface area contributed by atoms with Crippen molar-refractivity contribution in [2.45, 2.75) is 26.5 Å². The largest absolute Gasteiger partial charge is 0.491 e. The van der Waals surface area contributed by atoms with E-state index in [1.807, 2.05) is 30.3 Å². The van der Waals surface area contributed by atoms with Crippen molar-refractivity contribution in [3.63, 3.8) is 0 Å². The molecule has 0 radical (unpaired) electrons. The van der Waals surface area contributed by atoms with E-state index in [-0.39, 0.29) is 18.8 Å². The van der Waals surface area contributed by atoms with Crippen LogP contribution in [0.5, 0.6) is 17.2 Å². The van der Waals surface area contributed by atoms with E-state index in [4.69, 9.17) is 9.47 Å². The summed E-state index contributed by atoms with van der Waals surface area (Å²) in [6, 6.07) is 16.5. The van der Waals surface area contributed by atoms with E-state index in [9.17, 15) is 15.2 Å². The van der Waals surface area contributed by atoms with Gasteiger partial charge in [-0.1, -0.05) is 18.2 Å². The van der Waals surface area contributed by atoms with Crippen molar-refractivity contribution in [3.8, 4) is 17.2 Å². The third kappa shape index (κ3) is 4.66. The van der Waals surface area contributed by atoms with Crippen molar-refractivity contribution in [1.29, 1.82) is 0 Å². The number of para-hydroxylation sites is 1. The van der Waals surface area contributed by atoms with Gasteiger partial charge in [-0.25, -0.2) is 0 Å². The molecule has 0 saturated heterocycles. The quantitative estimate of drug-likeness (QED) is 0.471. The number of aromatic nitrogens is 2. The van der Waals surface area contributed by atoms with E-state index in [1.54, 1.807) is 38.1 Å². The van der Waals surface area contributed by atoms with Crippen LogP contribution >= 0.6 is 0 Å². The summed E-state index contributed by atoms with van der Waals surface area (Å²) in [4.78, 5) is 10.6. The van der Waals surface area contributed by atoms with Crippen LogP contribution in [0.1, 0.15) is 11.4 Å². The zero-order valence-corrected chi connectivity index (χ0v) is 15.6. The van der Waals surface area contributed by atoms with E-state index in [0.717, 1.165) is 5.75 Å². The lowest BCUT2D eigenvalue weighted by Gasteiger charge is -2.13. The summed E-state index contributed by atoms with van der Waals surface area (Å²) >= 11 is 0. The van der Waals surface area contributed by atoms with Crippen molar-refractivity contribution >= 4 is 5.69 Å². The van der Waals surface area contributed by atoms with E-state index in [2.05, 4.69) is 5.10 Å². The number of aryl methyl sites for hydroxylation is 1. The van der Waals surface area contributed by atoms with Gasteiger partial charge in [0, 0.05) is 0 Å². The first-order chi connectivity index (χ1) is 13.4. The van der Waals surface area contributed by atoms with Crippen LogP contribution < -0.4 is 9.47 Å². The summed E-state index contributed by atoms with van der Waals surface area (Å²) in [5.41, 5.74) is 0.704. The van der Waals surface area contributed by atoms with Crippen LogP contribution in [0.3, 0.4) is 0 Å². The predicted octanol–water partition coefficient (Wildman–Crippen LogP) is 3.64. The Labute approximate surface area is 162 Å². The molecule has 1 unspecified atom stereocenters. The maximum atomic E-state index is 11.1. The molecule has 0 spiro atoms. The van der Waals surface area contributed by atoms with Crippen molar-refractivity contribution < 1.29 is 19.5 Å². The van der Waals surface area contributed by atoms with Crippen LogP contribution in [0.15, 0.2) is 54.6 Å². The number of rotatable bonds is 8. The zero-order chi connectivity index (χ0) is 20.1. The summed E-state index contributed by atoms with van der Waals surface area (Å²) in [7, 11) is 0. The Balaban J connectivity index is 1.54. The van der Waals surface area contributed by atoms with Crippen molar-refractivity contribution in [2.24, 2.45) is 0 Å². The Kier molecular flexibility index (Phi) is 5.90. The molecule has 1 atom stereocenters. The summed E-state index contributed by atoms with van der Waals surface area (Å²) in [6.45, 7) is 3.32. The molecule has 8 nitrogen and oxygen atoms in total. The Bertz CT molecular complexity index is 938. The first-order valence-corrected chi connectivity index (χ1v) is 8.76. The van der Waals surface area contributed by atoms with Crippen LogP contribution in [0.2, 0.25) is 0 Å². The lowest BCUT2D eigenvalue weighted by molar-refractivity contribution is -0.386. The van der Waals surface area contributed by atoms with Gasteiger partial charge in [0.2, 0.25) is 0 Å². The summed E-state index contributed by atoms with van der Waals surface area (Å²) < 4.78 is 12.7. The van der Waals surface area contributed by atoms with Gasteiger partial charge in [-0.3, -0.25) is 14.8 Å². The molecule has 1 N–H and O–H groups in total. The van der Waals surface area contributed by atoms with Gasteiger partial charge in [0.25, 0.3) is 0 Å². The Morgan fingerprint density at radius 2 is 1.68 bits per heavy atom. The molecule has 3 rings (SSSR count). The molecule has 0 aliphatic carbocycles. The number of ether oxygens (including phenoxy) is 2. The highest BCUT2D eigenvalue weighted by Crippen LogP contribution is 2.24. The van der Waals surface area contributed by atoms with Crippen LogP contribution in [0.25, 0.3) is 0 Å². The van der Waals surface area contributed by atoms with Crippen molar-refractivity contribution in [3.05, 3.63) is 76.1 Å². The number of aliphatic hydroxyl groups excluding tert-OH is 1. The molecule has 1 heterocycles. The maximum Gasteiger partial charge on any atom is 0.312 e. The Morgan fingerprint density at radius 1 is 1.07 bits per heavy atom. The van der Waals surface area contributed by atoms with Gasteiger partial charge < -0.3 is 14.6 Å². The molecule has 146 valence electrons. The fraction of sp³-hybridized carbons (Fsp3) is 0.250. The van der Waals surface area contributed by atoms with Gasteiger partial charge in [-0.15, -0.1) is 0 Å². The molecule has 0 aliphatic heterocycles. The SMILES string of the molecule is Cc1nn(CC(O)COc2ccc(Oc3ccccc3)cc2)c(C)c1[N+](=O)[O-]. The molecular weight excluding hydrogens is 362 g/mol. The third-order valence-corrected chi connectivity index (χ3v) is 4.15. The minimum Gasteiger partial charge on any atom is -0.491 e. The highest BCUT2D eigenvalue weighted by atomic mass is 16.6. The molecule has 0 bridgehead atoms. The molecule has 8 heteroatoms. The lowest BCUT2D eigenvalue weighted by Crippen LogP contribution is -2.24. The van der Waals surface area contributed by atoms with Crippen LogP contribution in [-0.2, 0) is 6.54 Å². The Hall–Kier alpha value is -3.39. The van der Waals surface area contributed by atoms with E-state index >= 15 is 0 Å². The average molecular weight is 383 g/mol. The third-order valence-electron chi connectivity index (χ3n) is 4.15. The number of benzene rings is 2. The molecule has 3 aromatic rings. The highest BCUT2D eigenvalue weighted by molar-refractivity contribution is 5.39. The second-order valence-electron chi connectivity index (χ2n) is 6.31. The number of nitrogens with zero attached hydrogens (tertiary/aromatic N) is 3. The first-order valence-electron chi connectivity index (χ1n) is 8.76. The van der Waals surface area contributed by atoms with E-state index < -0.39 is 11.0 Å². The summed E-state index contributed by atoms with van der Waals surface area (Å²) in [6.07, 6.45) is -0.863. The van der Waals surface area contributed by atoms with Crippen molar-refractivity contribution in [2.75, 3.05) is 6.61 Å². The van der Waals surface area contributed by atoms with Crippen LogP contribution in [0, 0.1) is 24.0 Å². The lowest BCUT2D eigenvalue weighted by atomic mass is 10.3. The van der Waals surface area contributed by atoms with Gasteiger partial charge >= 0.3 is 5.69 Å². The molecule has 0 saturated carbocycles. The molecule has 1 aromatic heterocycles. The second-order valence-corrected chi connectivity index (χ2v) is 6.31. The molecular formula is C20H21N3O5. The van der Waals surface area contributed by atoms with Gasteiger partial charge in [-0.05, 0) is 50.2 Å². The molecule has 0 amide bonds. The number of nitro groups is 1. The van der Waals surface area contributed by atoms with Crippen LogP contribution in [-0.4, -0.2) is 32.5 Å². The summed E-state index contributed by atoms with van der Waals surface area (Å²) in [5.74, 6) is 2.00. The van der Waals surface area contributed by atoms with E-state index in [0.29, 0.717) is 22.9 Å². The number of hydrogen-bond donors (Lipinski definition) is 1. The first kappa shape index (κ1) is 19.4. The fourth-order valence-corrected chi connectivity index (χ4v) is 2.80. The van der Waals surface area contributed by atoms with Crippen LogP contribution in [0.4, 0.5) is 5.69 Å². The normalized spacial score (nSPS) is 11.8. The summed E-state index contributed by atoms with van der Waals surface area (Å²) in [5, 5.41) is 25.4. The van der Waals surface area contributed by atoms with Gasteiger partial charge in [0.15, 0.2) is 0 Å². The van der Waals surface area contributed by atoms with Crippen molar-refractivity contribution in [1.82, 2.24) is 9.78 Å². The topological polar surface area (TPSA) is 99.7 Å². The zero-order valence-electron chi connectivity index (χ0n) is 15.6. The van der Waals surface area contributed by atoms with Gasteiger partial charge in [0.1, 0.15) is 41.3 Å². The van der Waals surface area contributed by atoms with Gasteiger partial charge in [-0.2, -0.15) is 5.10 Å². The number of aliphatic hydroxyl groups is 1. The predicted molar refractivity (Wildman–Crippen MR) is 103 cm³/mol. The standard InChI is InChI=1S/C20H21N3O5/c1-14-20(23(25)26)15(2)22(21-14)12-16(24)13-27-17-8-10-19(11-9-17)28-18-6-4-3-5-7-18/h3-11,16,24H,12-13H2,1-2H3. The maximum absolute atomic E-state index is 11.1. The molecule has 2 aromatic carbocycles.